The number of nitrogens with one attached hydrogen (secondary N) is 1. The maximum atomic E-state index is 12.8. The lowest BCUT2D eigenvalue weighted by molar-refractivity contribution is -0.123. The van der Waals surface area contributed by atoms with Crippen LogP contribution < -0.4 is 5.32 Å². The number of aryl methyl sites for hydroxylation is 1. The van der Waals surface area contributed by atoms with Crippen LogP contribution in [0.15, 0.2) is 54.6 Å². The molecule has 0 spiro atoms. The summed E-state index contributed by atoms with van der Waals surface area (Å²) in [6, 6.07) is 19.8. The molecule has 0 aliphatic rings. The van der Waals surface area contributed by atoms with E-state index in [0.717, 1.165) is 16.7 Å². The van der Waals surface area contributed by atoms with E-state index in [4.69, 9.17) is 17.0 Å². The van der Waals surface area contributed by atoms with E-state index in [1.807, 2.05) is 89.2 Å². The van der Waals surface area contributed by atoms with Crippen LogP contribution in [-0.4, -0.2) is 47.4 Å². The molecule has 1 atom stereocenters. The molecule has 1 amide bonds. The molecule has 8 nitrogen and oxygen atoms in total. The Bertz CT molecular complexity index is 1340. The van der Waals surface area contributed by atoms with E-state index in [-0.39, 0.29) is 12.3 Å². The average molecular weight is 577 g/mol. The Morgan fingerprint density at radius 3 is 2.20 bits per heavy atom. The largest absolute Gasteiger partial charge is 0.371 e. The molecule has 1 unspecified atom stereocenters. The SMILES string of the molecule is Cc1nnc(-c2ccc(C(C)(C)OCCC(C)(C)NC(=O)CCC(C)(C#N)SC(=S)c3ccccc3)cc2)nn1. The standard InChI is InChI=1S/C30H36N6O2S2/c1-21-33-35-26(36-34-21)22-12-14-24(15-13-22)29(4,5)38-19-18-28(2,3)32-25(37)16-17-30(6,20-31)40-27(39)23-10-8-7-9-11-23/h7-15H,16-19H2,1-6H3,(H,32,37). The van der Waals surface area contributed by atoms with E-state index in [2.05, 4.69) is 31.8 Å². The first-order valence-corrected chi connectivity index (χ1v) is 14.3. The van der Waals surface area contributed by atoms with Crippen molar-refractivity contribution in [2.75, 3.05) is 6.61 Å². The number of aromatic nitrogens is 4. The monoisotopic (exact) mass is 576 g/mol. The molecule has 0 radical (unpaired) electrons. The Labute approximate surface area is 246 Å². The fourth-order valence-corrected chi connectivity index (χ4v) is 5.48. The molecule has 40 heavy (non-hydrogen) atoms. The second kappa shape index (κ2) is 13.4. The molecule has 10 heteroatoms. The first-order chi connectivity index (χ1) is 18.8. The molecular formula is C30H36N6O2S2. The quantitative estimate of drug-likeness (QED) is 0.261. The van der Waals surface area contributed by atoms with Crippen LogP contribution >= 0.6 is 24.0 Å². The number of amides is 1. The fraction of sp³-hybridized carbons (Fsp3) is 0.433. The number of ether oxygens (including phenoxy) is 1. The van der Waals surface area contributed by atoms with Gasteiger partial charge in [0, 0.05) is 24.1 Å². The molecule has 3 rings (SSSR count). The molecular weight excluding hydrogens is 541 g/mol. The van der Waals surface area contributed by atoms with E-state index in [1.165, 1.54) is 11.8 Å². The van der Waals surface area contributed by atoms with Gasteiger partial charge in [-0.05, 0) is 65.5 Å². The lowest BCUT2D eigenvalue weighted by Crippen LogP contribution is -2.45. The van der Waals surface area contributed by atoms with Crippen LogP contribution in [0.2, 0.25) is 0 Å². The molecule has 1 aromatic heterocycles. The van der Waals surface area contributed by atoms with E-state index in [1.54, 1.807) is 6.92 Å². The highest BCUT2D eigenvalue weighted by atomic mass is 32.2. The van der Waals surface area contributed by atoms with Gasteiger partial charge in [0.15, 0.2) is 5.82 Å². The third-order valence-corrected chi connectivity index (χ3v) is 8.13. The van der Waals surface area contributed by atoms with Gasteiger partial charge in [-0.2, -0.15) is 5.26 Å². The summed E-state index contributed by atoms with van der Waals surface area (Å²) in [7, 11) is 0. The van der Waals surface area contributed by atoms with Crippen molar-refractivity contribution in [1.82, 2.24) is 25.7 Å². The summed E-state index contributed by atoms with van der Waals surface area (Å²) in [5, 5.41) is 29.0. The number of carbonyl (C=O) groups is 1. The van der Waals surface area contributed by atoms with Crippen LogP contribution in [0.4, 0.5) is 0 Å². The Morgan fingerprint density at radius 1 is 0.975 bits per heavy atom. The van der Waals surface area contributed by atoms with Crippen molar-refractivity contribution in [2.24, 2.45) is 0 Å². The molecule has 0 bridgehead atoms. The van der Waals surface area contributed by atoms with Crippen molar-refractivity contribution >= 4 is 34.1 Å². The fourth-order valence-electron chi connectivity index (χ4n) is 3.88. The number of rotatable bonds is 12. The second-order valence-corrected chi connectivity index (χ2v) is 13.2. The van der Waals surface area contributed by atoms with Crippen molar-refractivity contribution in [3.63, 3.8) is 0 Å². The van der Waals surface area contributed by atoms with Gasteiger partial charge in [0.25, 0.3) is 0 Å². The Hall–Kier alpha value is -3.26. The lowest BCUT2D eigenvalue weighted by atomic mass is 9.96. The van der Waals surface area contributed by atoms with Crippen molar-refractivity contribution in [2.45, 2.75) is 76.7 Å². The molecule has 3 aromatic rings. The van der Waals surface area contributed by atoms with Gasteiger partial charge in [-0.15, -0.1) is 20.4 Å². The van der Waals surface area contributed by atoms with Gasteiger partial charge in [0.1, 0.15) is 4.75 Å². The van der Waals surface area contributed by atoms with Crippen molar-refractivity contribution in [1.29, 1.82) is 5.26 Å². The van der Waals surface area contributed by atoms with Crippen LogP contribution in [0.25, 0.3) is 11.4 Å². The first-order valence-electron chi connectivity index (χ1n) is 13.1. The summed E-state index contributed by atoms with van der Waals surface area (Å²) in [5.41, 5.74) is 1.73. The second-order valence-electron chi connectivity index (χ2n) is 11.0. The summed E-state index contributed by atoms with van der Waals surface area (Å²) in [6.07, 6.45) is 1.24. The number of hydrogen-bond donors (Lipinski definition) is 1. The Kier molecular flexibility index (Phi) is 10.5. The number of benzene rings is 2. The predicted octanol–water partition coefficient (Wildman–Crippen LogP) is 5.95. The van der Waals surface area contributed by atoms with Gasteiger partial charge >= 0.3 is 0 Å². The topological polar surface area (TPSA) is 114 Å². The number of nitriles is 1. The van der Waals surface area contributed by atoms with Crippen LogP contribution in [0.5, 0.6) is 0 Å². The van der Waals surface area contributed by atoms with Gasteiger partial charge in [-0.25, -0.2) is 0 Å². The molecule has 1 heterocycles. The van der Waals surface area contributed by atoms with E-state index in [0.29, 0.717) is 35.3 Å². The zero-order valence-corrected chi connectivity index (χ0v) is 25.5. The molecule has 0 fully saturated rings. The third-order valence-electron chi connectivity index (χ3n) is 6.48. The minimum atomic E-state index is -0.796. The number of nitrogens with zero attached hydrogens (tertiary/aromatic N) is 5. The maximum absolute atomic E-state index is 12.8. The molecule has 0 saturated heterocycles. The molecule has 2 aromatic carbocycles. The van der Waals surface area contributed by atoms with Crippen LogP contribution in [0, 0.1) is 18.3 Å². The Morgan fingerprint density at radius 2 is 1.60 bits per heavy atom. The molecule has 0 aliphatic carbocycles. The van der Waals surface area contributed by atoms with Gasteiger partial charge < -0.3 is 10.1 Å². The van der Waals surface area contributed by atoms with Crippen LogP contribution in [-0.2, 0) is 15.1 Å². The summed E-state index contributed by atoms with van der Waals surface area (Å²) in [5.74, 6) is 0.896. The van der Waals surface area contributed by atoms with E-state index < -0.39 is 15.9 Å². The minimum absolute atomic E-state index is 0.102. The highest BCUT2D eigenvalue weighted by Crippen LogP contribution is 2.33. The van der Waals surface area contributed by atoms with Gasteiger partial charge in [0.05, 0.1) is 15.9 Å². The summed E-state index contributed by atoms with van der Waals surface area (Å²) in [4.78, 5) is 12.8. The first kappa shape index (κ1) is 31.3. The number of carbonyl (C=O) groups excluding carboxylic acids is 1. The van der Waals surface area contributed by atoms with Gasteiger partial charge in [0.2, 0.25) is 11.7 Å². The molecule has 0 aliphatic heterocycles. The molecule has 1 N–H and O–H groups in total. The highest BCUT2D eigenvalue weighted by Gasteiger charge is 2.30. The van der Waals surface area contributed by atoms with Crippen LogP contribution in [0.3, 0.4) is 0 Å². The van der Waals surface area contributed by atoms with Crippen LogP contribution in [0.1, 0.15) is 70.8 Å². The Balaban J connectivity index is 1.48. The van der Waals surface area contributed by atoms with Gasteiger partial charge in [-0.1, -0.05) is 78.6 Å². The highest BCUT2D eigenvalue weighted by molar-refractivity contribution is 8.24. The summed E-state index contributed by atoms with van der Waals surface area (Å²) in [6.45, 7) is 12.0. The van der Waals surface area contributed by atoms with Crippen molar-refractivity contribution in [3.05, 3.63) is 71.5 Å². The number of thioether (sulfide) groups is 1. The van der Waals surface area contributed by atoms with Crippen molar-refractivity contribution < 1.29 is 9.53 Å². The number of thiocarbonyl (C=S) groups is 1. The normalized spacial score (nSPS) is 13.2. The summed E-state index contributed by atoms with van der Waals surface area (Å²) < 4.78 is 6.10. The third kappa shape index (κ3) is 9.15. The molecule has 210 valence electrons. The zero-order valence-electron chi connectivity index (χ0n) is 23.9. The molecule has 0 saturated carbocycles. The smallest absolute Gasteiger partial charge is 0.220 e. The van der Waals surface area contributed by atoms with E-state index >= 15 is 0 Å². The van der Waals surface area contributed by atoms with E-state index in [9.17, 15) is 10.1 Å². The summed E-state index contributed by atoms with van der Waals surface area (Å²) >= 11 is 6.87. The maximum Gasteiger partial charge on any atom is 0.220 e. The lowest BCUT2D eigenvalue weighted by Gasteiger charge is -2.31. The average Bonchev–Trinajstić information content (AvgIpc) is 2.92. The van der Waals surface area contributed by atoms with Gasteiger partial charge in [-0.3, -0.25) is 4.79 Å². The van der Waals surface area contributed by atoms with Crippen molar-refractivity contribution in [3.8, 4) is 17.5 Å². The predicted molar refractivity (Wildman–Crippen MR) is 163 cm³/mol. The number of hydrogen-bond acceptors (Lipinski definition) is 9. The zero-order chi connectivity index (χ0) is 29.4. The minimum Gasteiger partial charge on any atom is -0.371 e.